The number of hydrogen-bond acceptors (Lipinski definition) is 5. The molecule has 2 aromatic rings. The van der Waals surface area contributed by atoms with Gasteiger partial charge in [0.25, 0.3) is 5.91 Å². The van der Waals surface area contributed by atoms with Gasteiger partial charge in [0.2, 0.25) is 0 Å². The summed E-state index contributed by atoms with van der Waals surface area (Å²) >= 11 is 13.7. The lowest BCUT2D eigenvalue weighted by molar-refractivity contribution is -0.122. The number of ether oxygens (including phenoxy) is 2. The minimum atomic E-state index is -0.0486. The van der Waals surface area contributed by atoms with Crippen LogP contribution in [0.2, 0.25) is 0 Å². The minimum absolute atomic E-state index is 0.0486. The minimum Gasteiger partial charge on any atom is -0.493 e. The van der Waals surface area contributed by atoms with Crippen molar-refractivity contribution in [2.45, 2.75) is 20.0 Å². The molecule has 1 aliphatic heterocycles. The highest BCUT2D eigenvalue weighted by atomic mass is 79.9. The van der Waals surface area contributed by atoms with Crippen LogP contribution in [0.4, 0.5) is 0 Å². The summed E-state index contributed by atoms with van der Waals surface area (Å²) in [6, 6.07) is 11.7. The van der Waals surface area contributed by atoms with Crippen LogP contribution in [0.5, 0.6) is 11.5 Å². The molecule has 1 fully saturated rings. The number of hydrogen-bond donors (Lipinski definition) is 0. The highest BCUT2D eigenvalue weighted by Crippen LogP contribution is 2.39. The summed E-state index contributed by atoms with van der Waals surface area (Å²) in [5, 5.41) is 0. The zero-order valence-corrected chi connectivity index (χ0v) is 20.7. The van der Waals surface area contributed by atoms with Crippen molar-refractivity contribution in [3.63, 3.8) is 0 Å². The molecule has 0 N–H and O–H groups in total. The molecule has 1 amide bonds. The summed E-state index contributed by atoms with van der Waals surface area (Å²) < 4.78 is 13.9. The maximum atomic E-state index is 12.6. The number of halogens is 2. The van der Waals surface area contributed by atoms with E-state index in [1.165, 1.54) is 11.8 Å². The molecule has 8 heteroatoms. The van der Waals surface area contributed by atoms with Crippen LogP contribution in [-0.4, -0.2) is 28.8 Å². The summed E-state index contributed by atoms with van der Waals surface area (Å²) in [5.41, 5.74) is 1.88. The first-order valence-electron chi connectivity index (χ1n) is 8.93. The number of rotatable bonds is 7. The number of thiocarbonyl (C=S) groups is 1. The van der Waals surface area contributed by atoms with Crippen LogP contribution in [-0.2, 0) is 11.4 Å². The van der Waals surface area contributed by atoms with Gasteiger partial charge in [-0.2, -0.15) is 0 Å². The second kappa shape index (κ2) is 10.1. The molecule has 4 nitrogen and oxygen atoms in total. The van der Waals surface area contributed by atoms with E-state index in [-0.39, 0.29) is 5.91 Å². The van der Waals surface area contributed by atoms with E-state index in [2.05, 4.69) is 31.9 Å². The Morgan fingerprint density at radius 3 is 2.59 bits per heavy atom. The van der Waals surface area contributed by atoms with Gasteiger partial charge >= 0.3 is 0 Å². The van der Waals surface area contributed by atoms with Gasteiger partial charge in [-0.3, -0.25) is 9.69 Å². The number of thioether (sulfide) groups is 1. The normalized spacial score (nSPS) is 15.3. The van der Waals surface area contributed by atoms with Gasteiger partial charge in [0, 0.05) is 11.0 Å². The van der Waals surface area contributed by atoms with Crippen molar-refractivity contribution in [1.29, 1.82) is 0 Å². The van der Waals surface area contributed by atoms with Crippen LogP contribution >= 0.6 is 55.8 Å². The van der Waals surface area contributed by atoms with E-state index in [9.17, 15) is 4.79 Å². The SMILES string of the molecule is CCCN1C(=O)/C(=C/c2cc(Br)c(OCc3ccc(Br)cc3)c(OC)c2)SC1=S. The molecule has 152 valence electrons. The van der Waals surface area contributed by atoms with Gasteiger partial charge < -0.3 is 9.47 Å². The first kappa shape index (κ1) is 22.3. The van der Waals surface area contributed by atoms with Crippen LogP contribution in [0.3, 0.4) is 0 Å². The van der Waals surface area contributed by atoms with E-state index < -0.39 is 0 Å². The molecular weight excluding hydrogens is 538 g/mol. The number of carbonyl (C=O) groups is 1. The third-order valence-corrected chi connectivity index (χ3v) is 6.66. The monoisotopic (exact) mass is 555 g/mol. The molecule has 1 saturated heterocycles. The van der Waals surface area contributed by atoms with Gasteiger partial charge in [-0.25, -0.2) is 0 Å². The van der Waals surface area contributed by atoms with Gasteiger partial charge in [-0.15, -0.1) is 0 Å². The molecule has 0 unspecified atom stereocenters. The van der Waals surface area contributed by atoms with E-state index in [0.717, 1.165) is 26.5 Å². The molecule has 0 radical (unpaired) electrons. The lowest BCUT2D eigenvalue weighted by atomic mass is 10.1. The second-order valence-electron chi connectivity index (χ2n) is 6.28. The fraction of sp³-hybridized carbons (Fsp3) is 0.238. The van der Waals surface area contributed by atoms with E-state index >= 15 is 0 Å². The smallest absolute Gasteiger partial charge is 0.266 e. The average Bonchev–Trinajstić information content (AvgIpc) is 2.96. The first-order valence-corrected chi connectivity index (χ1v) is 11.7. The van der Waals surface area contributed by atoms with Gasteiger partial charge in [0.05, 0.1) is 16.5 Å². The molecule has 1 heterocycles. The maximum absolute atomic E-state index is 12.6. The highest BCUT2D eigenvalue weighted by Gasteiger charge is 2.31. The number of nitrogens with zero attached hydrogens (tertiary/aromatic N) is 1. The lowest BCUT2D eigenvalue weighted by Gasteiger charge is -2.14. The molecule has 0 atom stereocenters. The average molecular weight is 557 g/mol. The Labute approximate surface area is 196 Å². The lowest BCUT2D eigenvalue weighted by Crippen LogP contribution is -2.28. The van der Waals surface area contributed by atoms with Gasteiger partial charge in [0.1, 0.15) is 10.9 Å². The summed E-state index contributed by atoms with van der Waals surface area (Å²) in [6.45, 7) is 3.08. The van der Waals surface area contributed by atoms with E-state index in [0.29, 0.717) is 33.9 Å². The van der Waals surface area contributed by atoms with Crippen LogP contribution < -0.4 is 9.47 Å². The third kappa shape index (κ3) is 5.42. The Hall–Kier alpha value is -1.35. The zero-order chi connectivity index (χ0) is 21.0. The van der Waals surface area contributed by atoms with Crippen molar-refractivity contribution in [3.8, 4) is 11.5 Å². The number of carbonyl (C=O) groups excluding carboxylic acids is 1. The van der Waals surface area contributed by atoms with Gasteiger partial charge in [-0.1, -0.05) is 59.0 Å². The maximum Gasteiger partial charge on any atom is 0.266 e. The second-order valence-corrected chi connectivity index (χ2v) is 9.73. The fourth-order valence-electron chi connectivity index (χ4n) is 2.77. The van der Waals surface area contributed by atoms with Crippen molar-refractivity contribution in [1.82, 2.24) is 4.90 Å². The molecule has 0 aliphatic carbocycles. The number of benzene rings is 2. The quantitative estimate of drug-likeness (QED) is 0.291. The highest BCUT2D eigenvalue weighted by molar-refractivity contribution is 9.10. The molecule has 0 aromatic heterocycles. The summed E-state index contributed by atoms with van der Waals surface area (Å²) in [4.78, 5) is 14.8. The van der Waals surface area contributed by atoms with E-state index in [4.69, 9.17) is 21.7 Å². The number of amides is 1. The Kier molecular flexibility index (Phi) is 7.79. The topological polar surface area (TPSA) is 38.8 Å². The van der Waals surface area contributed by atoms with Crippen molar-refractivity contribution in [3.05, 3.63) is 61.4 Å². The standard InChI is InChI=1S/C21H19Br2NO3S2/c1-3-8-24-20(25)18(29-21(24)28)11-14-9-16(23)19(17(10-14)26-2)27-12-13-4-6-15(22)7-5-13/h4-7,9-11H,3,8,12H2,1-2H3/b18-11-. The summed E-state index contributed by atoms with van der Waals surface area (Å²) in [6.07, 6.45) is 2.70. The fourth-order valence-corrected chi connectivity index (χ4v) is 4.91. The Morgan fingerprint density at radius 1 is 1.21 bits per heavy atom. The van der Waals surface area contributed by atoms with Crippen LogP contribution in [0.1, 0.15) is 24.5 Å². The van der Waals surface area contributed by atoms with Crippen molar-refractivity contribution < 1.29 is 14.3 Å². The van der Waals surface area contributed by atoms with E-state index in [1.807, 2.05) is 49.4 Å². The summed E-state index contributed by atoms with van der Waals surface area (Å²) in [5.74, 6) is 1.16. The predicted octanol–water partition coefficient (Wildman–Crippen LogP) is 6.41. The molecule has 0 bridgehead atoms. The van der Waals surface area contributed by atoms with Crippen molar-refractivity contribution >= 4 is 72.1 Å². The zero-order valence-electron chi connectivity index (χ0n) is 15.9. The molecule has 1 aliphatic rings. The van der Waals surface area contributed by atoms with E-state index in [1.54, 1.807) is 12.0 Å². The van der Waals surface area contributed by atoms with Crippen LogP contribution in [0.15, 0.2) is 50.2 Å². The molecular formula is C21H19Br2NO3S2. The van der Waals surface area contributed by atoms with Crippen molar-refractivity contribution in [2.75, 3.05) is 13.7 Å². The Bertz CT molecular complexity index is 961. The molecule has 3 rings (SSSR count). The van der Waals surface area contributed by atoms with Crippen molar-refractivity contribution in [2.24, 2.45) is 0 Å². The van der Waals surface area contributed by atoms with Crippen LogP contribution in [0, 0.1) is 0 Å². The van der Waals surface area contributed by atoms with Crippen LogP contribution in [0.25, 0.3) is 6.08 Å². The molecule has 0 saturated carbocycles. The molecule has 29 heavy (non-hydrogen) atoms. The third-order valence-electron chi connectivity index (χ3n) is 4.17. The summed E-state index contributed by atoms with van der Waals surface area (Å²) in [7, 11) is 1.60. The predicted molar refractivity (Wildman–Crippen MR) is 129 cm³/mol. The molecule has 2 aromatic carbocycles. The van der Waals surface area contributed by atoms with Gasteiger partial charge in [-0.05, 0) is 63.8 Å². The van der Waals surface area contributed by atoms with Gasteiger partial charge in [0.15, 0.2) is 11.5 Å². The Morgan fingerprint density at radius 2 is 1.93 bits per heavy atom. The number of methoxy groups -OCH3 is 1. The largest absolute Gasteiger partial charge is 0.493 e. The Balaban J connectivity index is 1.82. The first-order chi connectivity index (χ1) is 13.9. The molecule has 0 spiro atoms.